The second kappa shape index (κ2) is 6.50. The molecule has 0 aliphatic heterocycles. The molecule has 0 aromatic carbocycles. The Balaban J connectivity index is 2.66. The van der Waals surface area contributed by atoms with E-state index in [1.54, 1.807) is 12.4 Å². The molecule has 4 heteroatoms. The fraction of sp³-hybridized carbons (Fsp3) is 0.643. The van der Waals surface area contributed by atoms with Crippen molar-refractivity contribution in [3.8, 4) is 0 Å². The second-order valence-electron chi connectivity index (χ2n) is 6.04. The maximum absolute atomic E-state index is 6.12. The Morgan fingerprint density at radius 2 is 2.11 bits per heavy atom. The quantitative estimate of drug-likeness (QED) is 0.638. The average molecular weight is 270 g/mol. The van der Waals surface area contributed by atoms with Crippen molar-refractivity contribution in [2.45, 2.75) is 46.6 Å². The van der Waals surface area contributed by atoms with Crippen LogP contribution in [-0.2, 0) is 6.42 Å². The van der Waals surface area contributed by atoms with Crippen LogP contribution in [0.25, 0.3) is 0 Å². The molecule has 2 atom stereocenters. The van der Waals surface area contributed by atoms with Gasteiger partial charge in [-0.1, -0.05) is 39.3 Å². The van der Waals surface area contributed by atoms with E-state index < -0.39 is 0 Å². The summed E-state index contributed by atoms with van der Waals surface area (Å²) in [6.07, 6.45) is 5.30. The molecule has 0 spiro atoms. The molecule has 0 amide bonds. The normalized spacial score (nSPS) is 15.4. The lowest BCUT2D eigenvalue weighted by atomic mass is 9.78. The summed E-state index contributed by atoms with van der Waals surface area (Å²) in [5.74, 6) is 6.24. The Labute approximate surface area is 115 Å². The van der Waals surface area contributed by atoms with E-state index >= 15 is 0 Å². The molecular weight excluding hydrogens is 246 g/mol. The van der Waals surface area contributed by atoms with Gasteiger partial charge in [-0.15, -0.1) is 0 Å². The molecule has 0 radical (unpaired) electrons. The van der Waals surface area contributed by atoms with Crippen LogP contribution in [0, 0.1) is 11.3 Å². The minimum absolute atomic E-state index is 0.235. The van der Waals surface area contributed by atoms with E-state index in [9.17, 15) is 0 Å². The largest absolute Gasteiger partial charge is 0.271 e. The Morgan fingerprint density at radius 1 is 1.44 bits per heavy atom. The zero-order valence-corrected chi connectivity index (χ0v) is 12.5. The van der Waals surface area contributed by atoms with Gasteiger partial charge in [0.05, 0.1) is 5.02 Å². The van der Waals surface area contributed by atoms with Gasteiger partial charge < -0.3 is 0 Å². The first-order valence-electron chi connectivity index (χ1n) is 6.39. The van der Waals surface area contributed by atoms with Crippen molar-refractivity contribution in [3.63, 3.8) is 0 Å². The maximum atomic E-state index is 6.12. The van der Waals surface area contributed by atoms with Gasteiger partial charge in [-0.25, -0.2) is 0 Å². The first-order valence-corrected chi connectivity index (χ1v) is 6.77. The molecule has 102 valence electrons. The van der Waals surface area contributed by atoms with Crippen LogP contribution in [0.3, 0.4) is 0 Å². The highest BCUT2D eigenvalue weighted by atomic mass is 35.5. The minimum Gasteiger partial charge on any atom is -0.271 e. The molecule has 1 rings (SSSR count). The zero-order chi connectivity index (χ0) is 13.8. The third-order valence-electron chi connectivity index (χ3n) is 3.67. The van der Waals surface area contributed by atoms with E-state index in [4.69, 9.17) is 17.4 Å². The third-order valence-corrected chi connectivity index (χ3v) is 4.02. The number of hydrazine groups is 1. The molecule has 1 aromatic heterocycles. The molecule has 2 unspecified atom stereocenters. The summed E-state index contributed by atoms with van der Waals surface area (Å²) in [4.78, 5) is 3.99. The molecule has 1 heterocycles. The number of pyridine rings is 1. The lowest BCUT2D eigenvalue weighted by molar-refractivity contribution is 0.222. The van der Waals surface area contributed by atoms with E-state index in [2.05, 4.69) is 38.1 Å². The lowest BCUT2D eigenvalue weighted by Crippen LogP contribution is -2.39. The van der Waals surface area contributed by atoms with E-state index in [1.165, 1.54) is 0 Å². The summed E-state index contributed by atoms with van der Waals surface area (Å²) in [6.45, 7) is 9.03. The molecule has 0 bridgehead atoms. The monoisotopic (exact) mass is 269 g/mol. The molecule has 0 saturated heterocycles. The Morgan fingerprint density at radius 3 is 2.61 bits per heavy atom. The van der Waals surface area contributed by atoms with E-state index in [-0.39, 0.29) is 11.5 Å². The molecule has 0 aliphatic rings. The number of halogens is 1. The van der Waals surface area contributed by atoms with Gasteiger partial charge in [0.15, 0.2) is 0 Å². The molecule has 18 heavy (non-hydrogen) atoms. The van der Waals surface area contributed by atoms with Crippen LogP contribution in [0.2, 0.25) is 5.02 Å². The number of hydrogen-bond donors (Lipinski definition) is 2. The smallest absolute Gasteiger partial charge is 0.0621 e. The van der Waals surface area contributed by atoms with Gasteiger partial charge in [0.2, 0.25) is 0 Å². The van der Waals surface area contributed by atoms with Crippen LogP contribution in [0.4, 0.5) is 0 Å². The number of nitrogens with two attached hydrogens (primary N) is 1. The number of nitrogens with one attached hydrogen (secondary N) is 1. The summed E-state index contributed by atoms with van der Waals surface area (Å²) < 4.78 is 0. The van der Waals surface area contributed by atoms with Crippen molar-refractivity contribution in [2.75, 3.05) is 0 Å². The van der Waals surface area contributed by atoms with Crippen LogP contribution >= 0.6 is 11.6 Å². The van der Waals surface area contributed by atoms with Crippen molar-refractivity contribution in [2.24, 2.45) is 17.2 Å². The summed E-state index contributed by atoms with van der Waals surface area (Å²) in [7, 11) is 0. The highest BCUT2D eigenvalue weighted by molar-refractivity contribution is 6.31. The van der Waals surface area contributed by atoms with Gasteiger partial charge in [0, 0.05) is 18.4 Å². The van der Waals surface area contributed by atoms with Gasteiger partial charge in [0.1, 0.15) is 0 Å². The third kappa shape index (κ3) is 4.56. The Bertz CT molecular complexity index is 374. The van der Waals surface area contributed by atoms with Crippen molar-refractivity contribution in [1.82, 2.24) is 10.4 Å². The van der Waals surface area contributed by atoms with E-state index in [1.807, 2.05) is 6.07 Å². The van der Waals surface area contributed by atoms with E-state index in [0.29, 0.717) is 10.9 Å². The van der Waals surface area contributed by atoms with Crippen LogP contribution < -0.4 is 11.3 Å². The standard InChI is InChI=1S/C14H24ClN3/c1-10(14(2,3)4)7-12(18-16)8-11-5-6-17-9-13(11)15/h5-6,9-10,12,18H,7-8,16H2,1-4H3. The first kappa shape index (κ1) is 15.4. The number of aromatic nitrogens is 1. The van der Waals surface area contributed by atoms with Gasteiger partial charge in [-0.05, 0) is 35.8 Å². The van der Waals surface area contributed by atoms with Crippen LogP contribution in [0.15, 0.2) is 18.5 Å². The van der Waals surface area contributed by atoms with Crippen LogP contribution in [0.1, 0.15) is 39.7 Å². The topological polar surface area (TPSA) is 50.9 Å². The molecule has 0 fully saturated rings. The van der Waals surface area contributed by atoms with Crippen LogP contribution in [0.5, 0.6) is 0 Å². The highest BCUT2D eigenvalue weighted by Gasteiger charge is 2.23. The summed E-state index contributed by atoms with van der Waals surface area (Å²) in [6, 6.07) is 2.19. The predicted molar refractivity (Wildman–Crippen MR) is 77.3 cm³/mol. The molecule has 3 N–H and O–H groups in total. The second-order valence-corrected chi connectivity index (χ2v) is 6.44. The molecule has 3 nitrogen and oxygen atoms in total. The predicted octanol–water partition coefficient (Wildman–Crippen LogP) is 3.18. The van der Waals surface area contributed by atoms with Crippen molar-refractivity contribution < 1.29 is 0 Å². The van der Waals surface area contributed by atoms with Crippen LogP contribution in [-0.4, -0.2) is 11.0 Å². The van der Waals surface area contributed by atoms with Gasteiger partial charge in [0.25, 0.3) is 0 Å². The van der Waals surface area contributed by atoms with Gasteiger partial charge >= 0.3 is 0 Å². The molecular formula is C14H24ClN3. The molecule has 0 aliphatic carbocycles. The fourth-order valence-electron chi connectivity index (χ4n) is 1.83. The van der Waals surface area contributed by atoms with Gasteiger partial charge in [-0.2, -0.15) is 0 Å². The Hall–Kier alpha value is -0.640. The molecule has 1 aromatic rings. The summed E-state index contributed by atoms with van der Waals surface area (Å²) >= 11 is 6.12. The SMILES string of the molecule is CC(CC(Cc1ccncc1Cl)NN)C(C)(C)C. The maximum Gasteiger partial charge on any atom is 0.0621 e. The summed E-state index contributed by atoms with van der Waals surface area (Å²) in [5.41, 5.74) is 4.28. The summed E-state index contributed by atoms with van der Waals surface area (Å²) in [5, 5.41) is 0.709. The van der Waals surface area contributed by atoms with Crippen molar-refractivity contribution in [3.05, 3.63) is 29.0 Å². The number of hydrogen-bond acceptors (Lipinski definition) is 3. The fourth-order valence-corrected chi connectivity index (χ4v) is 2.02. The van der Waals surface area contributed by atoms with Gasteiger partial charge in [-0.3, -0.25) is 16.3 Å². The van der Waals surface area contributed by atoms with E-state index in [0.717, 1.165) is 18.4 Å². The lowest BCUT2D eigenvalue weighted by Gasteiger charge is -2.30. The zero-order valence-electron chi connectivity index (χ0n) is 11.7. The minimum atomic E-state index is 0.235. The number of nitrogens with zero attached hydrogens (tertiary/aromatic N) is 1. The average Bonchev–Trinajstić information content (AvgIpc) is 2.29. The van der Waals surface area contributed by atoms with Crippen molar-refractivity contribution in [1.29, 1.82) is 0 Å². The highest BCUT2D eigenvalue weighted by Crippen LogP contribution is 2.30. The van der Waals surface area contributed by atoms with Crippen molar-refractivity contribution >= 4 is 11.6 Å². The Kier molecular flexibility index (Phi) is 5.57. The molecule has 0 saturated carbocycles. The number of rotatable bonds is 5. The first-order chi connectivity index (χ1) is 8.34.